The van der Waals surface area contributed by atoms with Gasteiger partial charge in [0, 0.05) is 0 Å². The molecule has 16 heavy (non-hydrogen) atoms. The first-order chi connectivity index (χ1) is 7.65. The Morgan fingerprint density at radius 1 is 1.38 bits per heavy atom. The van der Waals surface area contributed by atoms with Gasteiger partial charge in [0.2, 0.25) is 5.89 Å². The van der Waals surface area contributed by atoms with Crippen molar-refractivity contribution in [1.29, 1.82) is 0 Å². The number of rotatable bonds is 4. The molecular formula is C13H18N2O. The number of aromatic nitrogens is 1. The van der Waals surface area contributed by atoms with Crippen LogP contribution in [0.3, 0.4) is 0 Å². The van der Waals surface area contributed by atoms with Crippen molar-refractivity contribution < 1.29 is 4.42 Å². The summed E-state index contributed by atoms with van der Waals surface area (Å²) in [6.45, 7) is 8.10. The molecule has 2 rings (SSSR count). The summed E-state index contributed by atoms with van der Waals surface area (Å²) >= 11 is 0. The minimum absolute atomic E-state index is 0.645. The maximum Gasteiger partial charge on any atom is 0.209 e. The summed E-state index contributed by atoms with van der Waals surface area (Å²) < 4.78 is 5.66. The molecule has 1 aromatic carbocycles. The van der Waals surface area contributed by atoms with E-state index in [0.717, 1.165) is 23.5 Å². The first-order valence-corrected chi connectivity index (χ1v) is 5.72. The summed E-state index contributed by atoms with van der Waals surface area (Å²) in [6.07, 6.45) is 0. The Kier molecular flexibility index (Phi) is 3.25. The third kappa shape index (κ3) is 2.61. The van der Waals surface area contributed by atoms with Gasteiger partial charge in [0.05, 0.1) is 6.54 Å². The van der Waals surface area contributed by atoms with Crippen LogP contribution in [-0.2, 0) is 6.54 Å². The van der Waals surface area contributed by atoms with E-state index in [9.17, 15) is 0 Å². The van der Waals surface area contributed by atoms with Crippen molar-refractivity contribution in [3.63, 3.8) is 0 Å². The van der Waals surface area contributed by atoms with Crippen molar-refractivity contribution in [3.8, 4) is 0 Å². The minimum atomic E-state index is 0.645. The highest BCUT2D eigenvalue weighted by molar-refractivity contribution is 5.73. The molecule has 0 amide bonds. The molecule has 0 saturated heterocycles. The number of oxazole rings is 1. The van der Waals surface area contributed by atoms with Crippen molar-refractivity contribution in [2.24, 2.45) is 5.92 Å². The first kappa shape index (κ1) is 11.1. The van der Waals surface area contributed by atoms with E-state index in [4.69, 9.17) is 4.42 Å². The molecule has 0 fully saturated rings. The molecule has 3 nitrogen and oxygen atoms in total. The molecule has 3 heteroatoms. The zero-order valence-corrected chi connectivity index (χ0v) is 10.1. The van der Waals surface area contributed by atoms with Crippen molar-refractivity contribution in [3.05, 3.63) is 29.7 Å². The van der Waals surface area contributed by atoms with Crippen LogP contribution in [-0.4, -0.2) is 11.5 Å². The number of hydrogen-bond donors (Lipinski definition) is 1. The van der Waals surface area contributed by atoms with E-state index in [0.29, 0.717) is 12.5 Å². The summed E-state index contributed by atoms with van der Waals surface area (Å²) in [5.41, 5.74) is 3.01. The Hall–Kier alpha value is -1.35. The van der Waals surface area contributed by atoms with E-state index in [1.807, 2.05) is 12.1 Å². The molecule has 1 N–H and O–H groups in total. The number of fused-ring (bicyclic) bond motifs is 1. The zero-order chi connectivity index (χ0) is 11.5. The third-order valence-electron chi connectivity index (χ3n) is 2.42. The van der Waals surface area contributed by atoms with E-state index in [1.165, 1.54) is 5.56 Å². The molecule has 0 saturated carbocycles. The predicted molar refractivity (Wildman–Crippen MR) is 65.3 cm³/mol. The fourth-order valence-electron chi connectivity index (χ4n) is 1.62. The van der Waals surface area contributed by atoms with Gasteiger partial charge in [-0.3, -0.25) is 0 Å². The summed E-state index contributed by atoms with van der Waals surface area (Å²) in [5.74, 6) is 1.41. The average Bonchev–Trinajstić information content (AvgIpc) is 2.58. The summed E-state index contributed by atoms with van der Waals surface area (Å²) in [7, 11) is 0. The molecule has 0 radical (unpaired) electrons. The van der Waals surface area contributed by atoms with Crippen LogP contribution in [0.4, 0.5) is 0 Å². The zero-order valence-electron chi connectivity index (χ0n) is 10.1. The number of nitrogens with zero attached hydrogens (tertiary/aromatic N) is 1. The van der Waals surface area contributed by atoms with Crippen LogP contribution in [0.15, 0.2) is 22.6 Å². The Morgan fingerprint density at radius 3 is 2.94 bits per heavy atom. The predicted octanol–water partition coefficient (Wildman–Crippen LogP) is 2.88. The van der Waals surface area contributed by atoms with Gasteiger partial charge in [-0.1, -0.05) is 19.9 Å². The second kappa shape index (κ2) is 4.66. The second-order valence-corrected chi connectivity index (χ2v) is 4.60. The monoisotopic (exact) mass is 218 g/mol. The lowest BCUT2D eigenvalue weighted by Gasteiger charge is -2.03. The van der Waals surface area contributed by atoms with Crippen LogP contribution in [0.5, 0.6) is 0 Å². The van der Waals surface area contributed by atoms with Gasteiger partial charge in [-0.15, -0.1) is 0 Å². The van der Waals surface area contributed by atoms with Crippen molar-refractivity contribution in [2.45, 2.75) is 27.3 Å². The van der Waals surface area contributed by atoms with Crippen LogP contribution < -0.4 is 5.32 Å². The number of hydrogen-bond acceptors (Lipinski definition) is 3. The van der Waals surface area contributed by atoms with E-state index >= 15 is 0 Å². The van der Waals surface area contributed by atoms with Gasteiger partial charge in [-0.25, -0.2) is 4.98 Å². The number of nitrogens with one attached hydrogen (secondary N) is 1. The van der Waals surface area contributed by atoms with Gasteiger partial charge in [0.1, 0.15) is 5.52 Å². The molecule has 0 atom stereocenters. The SMILES string of the molecule is Cc1ccc2nc(CNCC(C)C)oc2c1. The number of benzene rings is 1. The van der Waals surface area contributed by atoms with Gasteiger partial charge in [-0.2, -0.15) is 0 Å². The van der Waals surface area contributed by atoms with Gasteiger partial charge in [0.15, 0.2) is 5.58 Å². The van der Waals surface area contributed by atoms with Crippen molar-refractivity contribution >= 4 is 11.1 Å². The molecule has 2 aromatic rings. The molecular weight excluding hydrogens is 200 g/mol. The fraction of sp³-hybridized carbons (Fsp3) is 0.462. The Bertz CT molecular complexity index is 474. The van der Waals surface area contributed by atoms with Crippen molar-refractivity contribution in [2.75, 3.05) is 6.54 Å². The molecule has 0 aliphatic rings. The smallest absolute Gasteiger partial charge is 0.209 e. The normalized spacial score (nSPS) is 11.5. The third-order valence-corrected chi connectivity index (χ3v) is 2.42. The highest BCUT2D eigenvalue weighted by Gasteiger charge is 2.05. The molecule has 0 spiro atoms. The lowest BCUT2D eigenvalue weighted by molar-refractivity contribution is 0.471. The molecule has 0 bridgehead atoms. The standard InChI is InChI=1S/C13H18N2O/c1-9(2)7-14-8-13-15-11-5-4-10(3)6-12(11)16-13/h4-6,9,14H,7-8H2,1-3H3. The summed E-state index contributed by atoms with van der Waals surface area (Å²) in [4.78, 5) is 4.42. The van der Waals surface area contributed by atoms with Crippen LogP contribution in [0.1, 0.15) is 25.3 Å². The largest absolute Gasteiger partial charge is 0.439 e. The lowest BCUT2D eigenvalue weighted by Crippen LogP contribution is -2.19. The highest BCUT2D eigenvalue weighted by atomic mass is 16.3. The van der Waals surface area contributed by atoms with E-state index < -0.39 is 0 Å². The molecule has 0 unspecified atom stereocenters. The molecule has 1 heterocycles. The van der Waals surface area contributed by atoms with Gasteiger partial charge >= 0.3 is 0 Å². The Balaban J connectivity index is 2.08. The molecule has 86 valence electrons. The Labute approximate surface area is 95.9 Å². The van der Waals surface area contributed by atoms with Crippen LogP contribution in [0.25, 0.3) is 11.1 Å². The van der Waals surface area contributed by atoms with E-state index in [-0.39, 0.29) is 0 Å². The van der Waals surface area contributed by atoms with Crippen LogP contribution >= 0.6 is 0 Å². The maximum atomic E-state index is 5.66. The summed E-state index contributed by atoms with van der Waals surface area (Å²) in [6, 6.07) is 6.07. The number of aryl methyl sites for hydroxylation is 1. The highest BCUT2D eigenvalue weighted by Crippen LogP contribution is 2.16. The maximum absolute atomic E-state index is 5.66. The lowest BCUT2D eigenvalue weighted by atomic mass is 10.2. The molecule has 1 aromatic heterocycles. The van der Waals surface area contributed by atoms with Crippen LogP contribution in [0.2, 0.25) is 0 Å². The van der Waals surface area contributed by atoms with Gasteiger partial charge < -0.3 is 9.73 Å². The van der Waals surface area contributed by atoms with E-state index in [1.54, 1.807) is 0 Å². The minimum Gasteiger partial charge on any atom is -0.439 e. The molecule has 0 aliphatic heterocycles. The topological polar surface area (TPSA) is 38.1 Å². The first-order valence-electron chi connectivity index (χ1n) is 5.72. The van der Waals surface area contributed by atoms with Gasteiger partial charge in [0.25, 0.3) is 0 Å². The average molecular weight is 218 g/mol. The quantitative estimate of drug-likeness (QED) is 0.857. The van der Waals surface area contributed by atoms with Crippen LogP contribution in [0, 0.1) is 12.8 Å². The summed E-state index contributed by atoms with van der Waals surface area (Å²) in [5, 5.41) is 3.32. The fourth-order valence-corrected chi connectivity index (χ4v) is 1.62. The second-order valence-electron chi connectivity index (χ2n) is 4.60. The van der Waals surface area contributed by atoms with Gasteiger partial charge in [-0.05, 0) is 37.1 Å². The van der Waals surface area contributed by atoms with E-state index in [2.05, 4.69) is 37.1 Å². The Morgan fingerprint density at radius 2 is 2.19 bits per heavy atom. The molecule has 0 aliphatic carbocycles. The van der Waals surface area contributed by atoms with Crippen molar-refractivity contribution in [1.82, 2.24) is 10.3 Å².